The number of aryl methyl sites for hydroxylation is 1. The summed E-state index contributed by atoms with van der Waals surface area (Å²) in [5, 5.41) is 0. The van der Waals surface area contributed by atoms with Gasteiger partial charge in [-0.15, -0.1) is 0 Å². The van der Waals surface area contributed by atoms with E-state index in [-0.39, 0.29) is 12.0 Å². The highest BCUT2D eigenvalue weighted by Crippen LogP contribution is 2.21. The highest BCUT2D eigenvalue weighted by molar-refractivity contribution is 5.74. The number of benzene rings is 2. The van der Waals surface area contributed by atoms with Crippen molar-refractivity contribution in [2.24, 2.45) is 0 Å². The first-order valence-corrected chi connectivity index (χ1v) is 14.2. The van der Waals surface area contributed by atoms with E-state index in [4.69, 9.17) is 9.47 Å². The van der Waals surface area contributed by atoms with Gasteiger partial charge in [0.25, 0.3) is 0 Å². The van der Waals surface area contributed by atoms with Gasteiger partial charge < -0.3 is 14.0 Å². The predicted octanol–water partition coefficient (Wildman–Crippen LogP) is 7.74. The Morgan fingerprint density at radius 2 is 1.39 bits per heavy atom. The number of quaternary nitrogens is 1. The van der Waals surface area contributed by atoms with E-state index >= 15 is 0 Å². The van der Waals surface area contributed by atoms with Crippen molar-refractivity contribution >= 4 is 5.97 Å². The van der Waals surface area contributed by atoms with Crippen molar-refractivity contribution in [2.75, 3.05) is 27.3 Å². The molecule has 0 heterocycles. The fraction of sp³-hybridized carbons (Fsp3) is 0.594. The molecule has 0 radical (unpaired) electrons. The molecule has 0 aliphatic carbocycles. The third-order valence-electron chi connectivity index (χ3n) is 7.14. The maximum atomic E-state index is 12.6. The van der Waals surface area contributed by atoms with Gasteiger partial charge in [-0.1, -0.05) is 107 Å². The van der Waals surface area contributed by atoms with Crippen LogP contribution >= 0.6 is 0 Å². The maximum absolute atomic E-state index is 12.6. The van der Waals surface area contributed by atoms with Gasteiger partial charge >= 0.3 is 5.97 Å². The minimum absolute atomic E-state index is 0.151. The quantitative estimate of drug-likeness (QED) is 0.113. The molecule has 0 amide bonds. The van der Waals surface area contributed by atoms with E-state index < -0.39 is 0 Å². The predicted molar refractivity (Wildman–Crippen MR) is 150 cm³/mol. The lowest BCUT2D eigenvalue weighted by atomic mass is 10.0. The van der Waals surface area contributed by atoms with Crippen LogP contribution in [0.25, 0.3) is 0 Å². The number of carbonyl (C=O) groups is 1. The second kappa shape index (κ2) is 17.2. The zero-order chi connectivity index (χ0) is 26.1. The second-order valence-corrected chi connectivity index (χ2v) is 10.7. The first-order valence-electron chi connectivity index (χ1n) is 14.2. The maximum Gasteiger partial charge on any atom is 0.364 e. The number of carbonyl (C=O) groups excluding carboxylic acids is 1. The fourth-order valence-electron chi connectivity index (χ4n) is 4.49. The molecule has 1 atom stereocenters. The largest absolute Gasteiger partial charge is 0.493 e. The van der Waals surface area contributed by atoms with Gasteiger partial charge in [-0.05, 0) is 31.4 Å². The lowest BCUT2D eigenvalue weighted by molar-refractivity contribution is -0.917. The van der Waals surface area contributed by atoms with Crippen molar-refractivity contribution in [3.63, 3.8) is 0 Å². The smallest absolute Gasteiger partial charge is 0.364 e. The van der Waals surface area contributed by atoms with Gasteiger partial charge in [-0.2, -0.15) is 0 Å². The van der Waals surface area contributed by atoms with Crippen molar-refractivity contribution in [1.29, 1.82) is 0 Å². The van der Waals surface area contributed by atoms with E-state index in [1.165, 1.54) is 68.9 Å². The lowest BCUT2D eigenvalue weighted by Crippen LogP contribution is -2.51. The molecule has 2 aromatic carbocycles. The number of unbranched alkanes of at least 4 members (excludes halogenated alkanes) is 8. The van der Waals surface area contributed by atoms with Gasteiger partial charge in [-0.25, -0.2) is 4.79 Å². The molecular weight excluding hydrogens is 446 g/mol. The summed E-state index contributed by atoms with van der Waals surface area (Å²) in [6.45, 7) is 5.94. The van der Waals surface area contributed by atoms with E-state index in [1.54, 1.807) is 0 Å². The van der Waals surface area contributed by atoms with E-state index in [2.05, 4.69) is 51.4 Å². The first kappa shape index (κ1) is 29.9. The lowest BCUT2D eigenvalue weighted by Gasteiger charge is -2.34. The zero-order valence-corrected chi connectivity index (χ0v) is 23.3. The second-order valence-electron chi connectivity index (χ2n) is 10.7. The molecule has 0 spiro atoms. The number of likely N-dealkylation sites (N-methyl/N-ethyl adjacent to an activating group) is 1. The molecule has 36 heavy (non-hydrogen) atoms. The van der Waals surface area contributed by atoms with E-state index in [0.29, 0.717) is 24.1 Å². The van der Waals surface area contributed by atoms with Crippen LogP contribution in [-0.4, -0.2) is 43.8 Å². The molecule has 0 N–H and O–H groups in total. The van der Waals surface area contributed by atoms with E-state index in [1.807, 2.05) is 31.2 Å². The first-order chi connectivity index (χ1) is 17.4. The summed E-state index contributed by atoms with van der Waals surface area (Å²) in [7, 11) is 4.15. The van der Waals surface area contributed by atoms with Crippen molar-refractivity contribution in [3.8, 4) is 5.75 Å². The summed E-state index contributed by atoms with van der Waals surface area (Å²) in [6.07, 6.45) is 13.8. The molecule has 4 nitrogen and oxygen atoms in total. The normalized spacial score (nSPS) is 12.3. The van der Waals surface area contributed by atoms with Crippen molar-refractivity contribution in [2.45, 2.75) is 97.1 Å². The number of ether oxygens (including phenoxy) is 2. The molecule has 4 heteroatoms. The Morgan fingerprint density at radius 3 is 2.08 bits per heavy atom. The standard InChI is InChI=1S/C32H50NO3/c1-5-6-7-8-9-10-11-12-16-22-30-23-17-18-24-31(30)35-25-19-26-36-32(34)28(2)33(3,4)27-29-20-14-13-15-21-29/h13-15,17-18,20-21,23-24,28H,5-12,16,19,22,25-27H2,1-4H3/q+1. The fourth-order valence-corrected chi connectivity index (χ4v) is 4.49. The molecule has 0 saturated heterocycles. The number of hydrogen-bond acceptors (Lipinski definition) is 3. The summed E-state index contributed by atoms with van der Waals surface area (Å²) < 4.78 is 12.2. The summed E-state index contributed by atoms with van der Waals surface area (Å²) in [5.74, 6) is 0.819. The van der Waals surface area contributed by atoms with Crippen LogP contribution in [0.5, 0.6) is 5.75 Å². The Morgan fingerprint density at radius 1 is 0.778 bits per heavy atom. The van der Waals surface area contributed by atoms with Crippen molar-refractivity contribution in [1.82, 2.24) is 0 Å². The van der Waals surface area contributed by atoms with Crippen LogP contribution in [0.1, 0.15) is 89.2 Å². The zero-order valence-electron chi connectivity index (χ0n) is 23.3. The summed E-state index contributed by atoms with van der Waals surface area (Å²) >= 11 is 0. The Labute approximate surface area is 220 Å². The highest BCUT2D eigenvalue weighted by atomic mass is 16.5. The molecule has 2 aromatic rings. The Bertz CT molecular complexity index is 849. The van der Waals surface area contributed by atoms with Crippen LogP contribution < -0.4 is 4.74 Å². The van der Waals surface area contributed by atoms with Gasteiger partial charge in [-0.3, -0.25) is 0 Å². The Hall–Kier alpha value is -2.33. The Balaban J connectivity index is 1.63. The molecule has 200 valence electrons. The number of para-hydroxylation sites is 1. The van der Waals surface area contributed by atoms with Crippen LogP contribution in [0.3, 0.4) is 0 Å². The number of nitrogens with zero attached hydrogens (tertiary/aromatic N) is 1. The number of rotatable bonds is 19. The number of hydrogen-bond donors (Lipinski definition) is 0. The number of esters is 1. The molecule has 1 unspecified atom stereocenters. The molecule has 0 bridgehead atoms. The van der Waals surface area contributed by atoms with Crippen molar-refractivity contribution in [3.05, 3.63) is 65.7 Å². The van der Waals surface area contributed by atoms with Gasteiger partial charge in [0.05, 0.1) is 27.3 Å². The van der Waals surface area contributed by atoms with E-state index in [9.17, 15) is 4.79 Å². The molecule has 0 aliphatic heterocycles. The van der Waals surface area contributed by atoms with Gasteiger partial charge in [0.2, 0.25) is 0 Å². The molecule has 0 saturated carbocycles. The van der Waals surface area contributed by atoms with Gasteiger partial charge in [0.15, 0.2) is 6.04 Å². The van der Waals surface area contributed by atoms with Crippen LogP contribution in [-0.2, 0) is 22.5 Å². The highest BCUT2D eigenvalue weighted by Gasteiger charge is 2.32. The van der Waals surface area contributed by atoms with Crippen LogP contribution in [0, 0.1) is 0 Å². The van der Waals surface area contributed by atoms with Gasteiger partial charge in [0.1, 0.15) is 12.3 Å². The van der Waals surface area contributed by atoms with Crippen LogP contribution in [0.4, 0.5) is 0 Å². The average molecular weight is 497 g/mol. The van der Waals surface area contributed by atoms with E-state index in [0.717, 1.165) is 18.7 Å². The topological polar surface area (TPSA) is 35.5 Å². The monoisotopic (exact) mass is 496 g/mol. The van der Waals surface area contributed by atoms with Crippen LogP contribution in [0.2, 0.25) is 0 Å². The third kappa shape index (κ3) is 11.6. The molecule has 0 fully saturated rings. The summed E-state index contributed by atoms with van der Waals surface area (Å²) in [5.41, 5.74) is 2.50. The Kier molecular flexibility index (Phi) is 14.3. The van der Waals surface area contributed by atoms with Gasteiger partial charge in [0, 0.05) is 12.0 Å². The summed E-state index contributed by atoms with van der Waals surface area (Å²) in [6, 6.07) is 18.4. The van der Waals surface area contributed by atoms with Crippen molar-refractivity contribution < 1.29 is 18.8 Å². The minimum atomic E-state index is -0.233. The third-order valence-corrected chi connectivity index (χ3v) is 7.14. The van der Waals surface area contributed by atoms with Crippen LogP contribution in [0.15, 0.2) is 54.6 Å². The average Bonchev–Trinajstić information content (AvgIpc) is 2.88. The minimum Gasteiger partial charge on any atom is -0.493 e. The summed E-state index contributed by atoms with van der Waals surface area (Å²) in [4.78, 5) is 12.6. The molecule has 2 rings (SSSR count). The molecule has 0 aromatic heterocycles. The molecule has 0 aliphatic rings. The molecular formula is C32H50NO3+. The SMILES string of the molecule is CCCCCCCCCCCc1ccccc1OCCCOC(=O)C(C)[N+](C)(C)Cc1ccccc1.